The van der Waals surface area contributed by atoms with Crippen LogP contribution in [0.3, 0.4) is 0 Å². The summed E-state index contributed by atoms with van der Waals surface area (Å²) in [4.78, 5) is 11.1. The Morgan fingerprint density at radius 2 is 2.05 bits per heavy atom. The van der Waals surface area contributed by atoms with Crippen LogP contribution in [0.1, 0.15) is 28.5 Å². The molecule has 0 fully saturated rings. The summed E-state index contributed by atoms with van der Waals surface area (Å²) in [6.45, 7) is 4.71. The second kappa shape index (κ2) is 5.56. The Kier molecular flexibility index (Phi) is 3.85. The maximum absolute atomic E-state index is 11.1. The first-order valence-corrected chi connectivity index (χ1v) is 6.09. The average molecular weight is 260 g/mol. The van der Waals surface area contributed by atoms with Crippen molar-refractivity contribution in [1.29, 1.82) is 0 Å². The Morgan fingerprint density at radius 1 is 1.37 bits per heavy atom. The SMILES string of the molecule is CCn1ncc(C(=O)O)c1COc1ccc(C)cc1. The maximum Gasteiger partial charge on any atom is 0.339 e. The topological polar surface area (TPSA) is 64.4 Å². The van der Waals surface area contributed by atoms with Gasteiger partial charge in [-0.15, -0.1) is 0 Å². The number of carboxylic acid groups (broad SMARTS) is 1. The van der Waals surface area contributed by atoms with Crippen molar-refractivity contribution in [3.8, 4) is 5.75 Å². The van der Waals surface area contributed by atoms with Gasteiger partial charge in [-0.3, -0.25) is 4.68 Å². The Bertz CT molecular complexity index is 573. The second-order valence-corrected chi connectivity index (χ2v) is 4.23. The average Bonchev–Trinajstić information content (AvgIpc) is 2.81. The van der Waals surface area contributed by atoms with Crippen molar-refractivity contribution >= 4 is 5.97 Å². The number of hydrogen-bond donors (Lipinski definition) is 1. The van der Waals surface area contributed by atoms with Gasteiger partial charge < -0.3 is 9.84 Å². The summed E-state index contributed by atoms with van der Waals surface area (Å²) in [6.07, 6.45) is 1.36. The summed E-state index contributed by atoms with van der Waals surface area (Å²) in [7, 11) is 0. The molecule has 0 bridgehead atoms. The van der Waals surface area contributed by atoms with E-state index in [1.54, 1.807) is 4.68 Å². The predicted octanol–water partition coefficient (Wildman–Crippen LogP) is 2.49. The molecular weight excluding hydrogens is 244 g/mol. The van der Waals surface area contributed by atoms with Gasteiger partial charge in [0.25, 0.3) is 0 Å². The van der Waals surface area contributed by atoms with Crippen molar-refractivity contribution in [2.45, 2.75) is 27.0 Å². The van der Waals surface area contributed by atoms with Gasteiger partial charge in [-0.1, -0.05) is 17.7 Å². The van der Waals surface area contributed by atoms with Crippen molar-refractivity contribution in [2.75, 3.05) is 0 Å². The van der Waals surface area contributed by atoms with Crippen LogP contribution in [-0.4, -0.2) is 20.9 Å². The number of hydrogen-bond acceptors (Lipinski definition) is 3. The third-order valence-electron chi connectivity index (χ3n) is 2.88. The molecule has 1 heterocycles. The standard InChI is InChI=1S/C14H16N2O3/c1-3-16-13(12(8-15-16)14(17)18)9-19-11-6-4-10(2)5-7-11/h4-8H,3,9H2,1-2H3,(H,17,18). The normalized spacial score (nSPS) is 10.4. The zero-order chi connectivity index (χ0) is 13.8. The molecule has 0 saturated carbocycles. The number of aromatic nitrogens is 2. The van der Waals surface area contributed by atoms with Gasteiger partial charge in [-0.25, -0.2) is 4.79 Å². The lowest BCUT2D eigenvalue weighted by molar-refractivity contribution is 0.0693. The van der Waals surface area contributed by atoms with Gasteiger partial charge in [0.05, 0.1) is 11.9 Å². The van der Waals surface area contributed by atoms with Crippen LogP contribution in [0.2, 0.25) is 0 Å². The van der Waals surface area contributed by atoms with E-state index in [9.17, 15) is 4.79 Å². The summed E-state index contributed by atoms with van der Waals surface area (Å²) >= 11 is 0. The van der Waals surface area contributed by atoms with Gasteiger partial charge in [0.2, 0.25) is 0 Å². The van der Waals surface area contributed by atoms with E-state index in [0.29, 0.717) is 18.0 Å². The largest absolute Gasteiger partial charge is 0.487 e. The molecular formula is C14H16N2O3. The molecule has 2 aromatic rings. The molecule has 0 aliphatic heterocycles. The van der Waals surface area contributed by atoms with Crippen molar-refractivity contribution in [3.05, 3.63) is 47.3 Å². The minimum absolute atomic E-state index is 0.189. The number of nitrogens with zero attached hydrogens (tertiary/aromatic N) is 2. The molecule has 5 nitrogen and oxygen atoms in total. The summed E-state index contributed by atoms with van der Waals surface area (Å²) in [5.41, 5.74) is 1.92. The van der Waals surface area contributed by atoms with Crippen LogP contribution in [0.4, 0.5) is 0 Å². The van der Waals surface area contributed by atoms with Crippen LogP contribution < -0.4 is 4.74 Å². The fourth-order valence-corrected chi connectivity index (χ4v) is 1.80. The van der Waals surface area contributed by atoms with Crippen LogP contribution in [0.15, 0.2) is 30.5 Å². The molecule has 0 atom stereocenters. The van der Waals surface area contributed by atoms with Crippen molar-refractivity contribution in [1.82, 2.24) is 9.78 Å². The van der Waals surface area contributed by atoms with E-state index in [1.807, 2.05) is 38.1 Å². The van der Waals surface area contributed by atoms with Gasteiger partial charge in [-0.2, -0.15) is 5.10 Å². The Labute approximate surface area is 111 Å². The third-order valence-corrected chi connectivity index (χ3v) is 2.88. The van der Waals surface area contributed by atoms with Crippen LogP contribution >= 0.6 is 0 Å². The molecule has 0 aliphatic carbocycles. The first-order chi connectivity index (χ1) is 9.11. The first kappa shape index (κ1) is 13.1. The zero-order valence-corrected chi connectivity index (χ0v) is 11.0. The van der Waals surface area contributed by atoms with Crippen molar-refractivity contribution < 1.29 is 14.6 Å². The van der Waals surface area contributed by atoms with Crippen LogP contribution in [0, 0.1) is 6.92 Å². The summed E-state index contributed by atoms with van der Waals surface area (Å²) in [5.74, 6) is -0.270. The highest BCUT2D eigenvalue weighted by molar-refractivity contribution is 5.88. The second-order valence-electron chi connectivity index (χ2n) is 4.23. The molecule has 5 heteroatoms. The lowest BCUT2D eigenvalue weighted by atomic mass is 10.2. The Morgan fingerprint density at radius 3 is 2.63 bits per heavy atom. The molecule has 0 radical (unpaired) electrons. The minimum Gasteiger partial charge on any atom is -0.487 e. The van der Waals surface area contributed by atoms with Gasteiger partial charge >= 0.3 is 5.97 Å². The molecule has 100 valence electrons. The van der Waals surface area contributed by atoms with Crippen LogP contribution in [0.25, 0.3) is 0 Å². The molecule has 1 aromatic heterocycles. The molecule has 1 N–H and O–H groups in total. The van der Waals surface area contributed by atoms with Crippen molar-refractivity contribution in [2.24, 2.45) is 0 Å². The maximum atomic E-state index is 11.1. The van der Waals surface area contributed by atoms with Gasteiger partial charge in [0.15, 0.2) is 0 Å². The number of aryl methyl sites for hydroxylation is 2. The molecule has 0 unspecified atom stereocenters. The highest BCUT2D eigenvalue weighted by Gasteiger charge is 2.16. The number of carbonyl (C=O) groups is 1. The van der Waals surface area contributed by atoms with Crippen LogP contribution in [-0.2, 0) is 13.2 Å². The van der Waals surface area contributed by atoms with Crippen molar-refractivity contribution in [3.63, 3.8) is 0 Å². The quantitative estimate of drug-likeness (QED) is 0.897. The third kappa shape index (κ3) is 2.93. The molecule has 1 aromatic carbocycles. The van der Waals surface area contributed by atoms with E-state index < -0.39 is 5.97 Å². The number of rotatable bonds is 5. The molecule has 0 saturated heterocycles. The molecule has 0 spiro atoms. The Balaban J connectivity index is 2.16. The highest BCUT2D eigenvalue weighted by atomic mass is 16.5. The summed E-state index contributed by atoms with van der Waals surface area (Å²) < 4.78 is 7.25. The minimum atomic E-state index is -0.984. The van der Waals surface area contributed by atoms with Crippen LogP contribution in [0.5, 0.6) is 5.75 Å². The molecule has 0 amide bonds. The fraction of sp³-hybridized carbons (Fsp3) is 0.286. The van der Waals surface area contributed by atoms with E-state index in [2.05, 4.69) is 5.10 Å². The molecule has 2 rings (SSSR count). The smallest absolute Gasteiger partial charge is 0.339 e. The van der Waals surface area contributed by atoms with E-state index in [4.69, 9.17) is 9.84 Å². The van der Waals surface area contributed by atoms with E-state index in [-0.39, 0.29) is 12.2 Å². The van der Waals surface area contributed by atoms with E-state index in [0.717, 1.165) is 5.56 Å². The summed E-state index contributed by atoms with van der Waals surface area (Å²) in [5, 5.41) is 13.1. The van der Waals surface area contributed by atoms with E-state index >= 15 is 0 Å². The van der Waals surface area contributed by atoms with Gasteiger partial charge in [0.1, 0.15) is 17.9 Å². The molecule has 0 aliphatic rings. The number of benzene rings is 1. The number of carboxylic acids is 1. The fourth-order valence-electron chi connectivity index (χ4n) is 1.80. The zero-order valence-electron chi connectivity index (χ0n) is 11.0. The van der Waals surface area contributed by atoms with E-state index in [1.165, 1.54) is 6.20 Å². The monoisotopic (exact) mass is 260 g/mol. The number of aromatic carboxylic acids is 1. The first-order valence-electron chi connectivity index (χ1n) is 6.09. The van der Waals surface area contributed by atoms with Gasteiger partial charge in [0, 0.05) is 6.54 Å². The predicted molar refractivity (Wildman–Crippen MR) is 70.4 cm³/mol. The molecule has 19 heavy (non-hydrogen) atoms. The van der Waals surface area contributed by atoms with Gasteiger partial charge in [-0.05, 0) is 26.0 Å². The summed E-state index contributed by atoms with van der Waals surface area (Å²) in [6, 6.07) is 7.62. The number of ether oxygens (including phenoxy) is 1. The highest BCUT2D eigenvalue weighted by Crippen LogP contribution is 2.16. The Hall–Kier alpha value is -2.30. The lowest BCUT2D eigenvalue weighted by Crippen LogP contribution is -2.10. The lowest BCUT2D eigenvalue weighted by Gasteiger charge is -2.09.